The number of hydrogen-bond donors (Lipinski definition) is 1. The topological polar surface area (TPSA) is 50.2 Å². The summed E-state index contributed by atoms with van der Waals surface area (Å²) in [6.45, 7) is 3.82. The number of hydrogen-bond acceptors (Lipinski definition) is 3. The van der Waals surface area contributed by atoms with E-state index < -0.39 is 11.6 Å². The van der Waals surface area contributed by atoms with Crippen LogP contribution in [-0.4, -0.2) is 39.7 Å². The Morgan fingerprint density at radius 1 is 1.32 bits per heavy atom. The predicted molar refractivity (Wildman–Crippen MR) is 91.2 cm³/mol. The number of likely N-dealkylation sites (tertiary alicyclic amines) is 1. The maximum atomic E-state index is 13.3. The van der Waals surface area contributed by atoms with Crippen LogP contribution < -0.4 is 5.32 Å². The van der Waals surface area contributed by atoms with Gasteiger partial charge in [-0.1, -0.05) is 0 Å². The minimum atomic E-state index is -0.872. The summed E-state index contributed by atoms with van der Waals surface area (Å²) < 4.78 is 28.1. The molecular weight excluding hydrogens is 326 g/mol. The van der Waals surface area contributed by atoms with Crippen LogP contribution in [0.3, 0.4) is 0 Å². The van der Waals surface area contributed by atoms with E-state index in [9.17, 15) is 13.6 Å². The van der Waals surface area contributed by atoms with Gasteiger partial charge in [-0.3, -0.25) is 9.48 Å². The quantitative estimate of drug-likeness (QED) is 0.904. The first-order valence-electron chi connectivity index (χ1n) is 8.50. The number of anilines is 1. The van der Waals surface area contributed by atoms with Gasteiger partial charge in [0, 0.05) is 55.7 Å². The van der Waals surface area contributed by atoms with Gasteiger partial charge < -0.3 is 10.2 Å². The Morgan fingerprint density at radius 3 is 2.88 bits per heavy atom. The number of nitrogens with one attached hydrogen (secondary N) is 1. The van der Waals surface area contributed by atoms with Crippen LogP contribution in [0.5, 0.6) is 0 Å². The molecule has 3 rings (SSSR count). The van der Waals surface area contributed by atoms with Gasteiger partial charge in [0.2, 0.25) is 5.91 Å². The normalized spacial score (nSPS) is 17.6. The lowest BCUT2D eigenvalue weighted by molar-refractivity contribution is -0.132. The Kier molecular flexibility index (Phi) is 5.31. The highest BCUT2D eigenvalue weighted by molar-refractivity contribution is 5.76. The smallest absolute Gasteiger partial charge is 0.224 e. The molecule has 0 bridgehead atoms. The van der Waals surface area contributed by atoms with Crippen molar-refractivity contribution in [3.05, 3.63) is 47.8 Å². The van der Waals surface area contributed by atoms with Crippen LogP contribution in [0.1, 0.15) is 25.0 Å². The summed E-state index contributed by atoms with van der Waals surface area (Å²) in [5.41, 5.74) is 1.56. The third-order valence-corrected chi connectivity index (χ3v) is 4.53. The van der Waals surface area contributed by atoms with Crippen molar-refractivity contribution >= 4 is 11.6 Å². The number of benzene rings is 1. The number of rotatable bonds is 5. The first-order chi connectivity index (χ1) is 12.0. The monoisotopic (exact) mass is 348 g/mol. The van der Waals surface area contributed by atoms with Crippen LogP contribution in [0.15, 0.2) is 30.5 Å². The van der Waals surface area contributed by atoms with Crippen LogP contribution in [-0.2, 0) is 11.3 Å². The van der Waals surface area contributed by atoms with Crippen molar-refractivity contribution in [2.45, 2.75) is 38.8 Å². The molecule has 1 amide bonds. The van der Waals surface area contributed by atoms with Gasteiger partial charge in [0.25, 0.3) is 0 Å². The molecule has 1 atom stereocenters. The summed E-state index contributed by atoms with van der Waals surface area (Å²) in [5, 5.41) is 7.38. The number of amides is 1. The molecule has 1 aromatic heterocycles. The molecule has 2 aromatic rings. The fourth-order valence-electron chi connectivity index (χ4n) is 3.14. The zero-order valence-electron chi connectivity index (χ0n) is 14.2. The highest BCUT2D eigenvalue weighted by atomic mass is 19.2. The zero-order chi connectivity index (χ0) is 17.8. The SMILES string of the molecule is Cc1ccnn1CCC(=O)N1CCCC(Nc2ccc(F)c(F)c2)C1. The average molecular weight is 348 g/mol. The molecule has 0 spiro atoms. The molecule has 25 heavy (non-hydrogen) atoms. The van der Waals surface area contributed by atoms with Crippen LogP contribution in [0, 0.1) is 18.6 Å². The summed E-state index contributed by atoms with van der Waals surface area (Å²) in [6.07, 6.45) is 3.90. The number of aromatic nitrogens is 2. The highest BCUT2D eigenvalue weighted by Crippen LogP contribution is 2.19. The number of halogens is 2. The Balaban J connectivity index is 1.54. The van der Waals surface area contributed by atoms with Gasteiger partial charge in [0.15, 0.2) is 11.6 Å². The van der Waals surface area contributed by atoms with Gasteiger partial charge in [0.1, 0.15) is 0 Å². The van der Waals surface area contributed by atoms with Crippen molar-refractivity contribution < 1.29 is 13.6 Å². The van der Waals surface area contributed by atoms with E-state index in [0.717, 1.165) is 37.2 Å². The molecule has 0 saturated carbocycles. The number of aryl methyl sites for hydroxylation is 2. The maximum Gasteiger partial charge on any atom is 0.224 e. The first kappa shape index (κ1) is 17.4. The lowest BCUT2D eigenvalue weighted by Gasteiger charge is -2.34. The van der Waals surface area contributed by atoms with E-state index >= 15 is 0 Å². The molecule has 0 radical (unpaired) electrons. The van der Waals surface area contributed by atoms with E-state index in [1.807, 2.05) is 22.6 Å². The Bertz CT molecular complexity index is 746. The largest absolute Gasteiger partial charge is 0.380 e. The third-order valence-electron chi connectivity index (χ3n) is 4.53. The van der Waals surface area contributed by atoms with E-state index in [1.165, 1.54) is 6.07 Å². The van der Waals surface area contributed by atoms with E-state index in [4.69, 9.17) is 0 Å². The van der Waals surface area contributed by atoms with Crippen LogP contribution >= 0.6 is 0 Å². The van der Waals surface area contributed by atoms with E-state index in [1.54, 1.807) is 6.20 Å². The molecule has 1 saturated heterocycles. The van der Waals surface area contributed by atoms with Crippen LogP contribution in [0.4, 0.5) is 14.5 Å². The number of carbonyl (C=O) groups is 1. The average Bonchev–Trinajstić information content (AvgIpc) is 3.01. The summed E-state index contributed by atoms with van der Waals surface area (Å²) in [7, 11) is 0. The Hall–Kier alpha value is -2.44. The lowest BCUT2D eigenvalue weighted by atomic mass is 10.0. The number of piperidine rings is 1. The second-order valence-corrected chi connectivity index (χ2v) is 6.40. The van der Waals surface area contributed by atoms with Gasteiger partial charge in [-0.25, -0.2) is 8.78 Å². The Morgan fingerprint density at radius 2 is 2.16 bits per heavy atom. The summed E-state index contributed by atoms with van der Waals surface area (Å²) in [4.78, 5) is 14.3. The van der Waals surface area contributed by atoms with Crippen LogP contribution in [0.25, 0.3) is 0 Å². The second-order valence-electron chi connectivity index (χ2n) is 6.40. The van der Waals surface area contributed by atoms with E-state index in [2.05, 4.69) is 10.4 Å². The van der Waals surface area contributed by atoms with Crippen molar-refractivity contribution in [3.63, 3.8) is 0 Å². The molecule has 1 fully saturated rings. The molecule has 2 heterocycles. The fraction of sp³-hybridized carbons (Fsp3) is 0.444. The van der Waals surface area contributed by atoms with Crippen molar-refractivity contribution in [3.8, 4) is 0 Å². The van der Waals surface area contributed by atoms with Crippen molar-refractivity contribution in [1.29, 1.82) is 0 Å². The molecule has 1 aromatic carbocycles. The maximum absolute atomic E-state index is 13.3. The first-order valence-corrected chi connectivity index (χ1v) is 8.50. The molecule has 0 aliphatic carbocycles. The zero-order valence-corrected chi connectivity index (χ0v) is 14.2. The third kappa shape index (κ3) is 4.35. The standard InChI is InChI=1S/C18H22F2N4O/c1-13-6-8-21-24(13)10-7-18(25)23-9-2-3-15(12-23)22-14-4-5-16(19)17(20)11-14/h4-6,8,11,15,22H,2-3,7,9-10,12H2,1H3. The Labute approximate surface area is 145 Å². The summed E-state index contributed by atoms with van der Waals surface area (Å²) in [6, 6.07) is 5.72. The van der Waals surface area contributed by atoms with Gasteiger partial charge in [0.05, 0.1) is 0 Å². The summed E-state index contributed by atoms with van der Waals surface area (Å²) in [5.74, 6) is -1.64. The van der Waals surface area contributed by atoms with E-state index in [-0.39, 0.29) is 11.9 Å². The molecule has 134 valence electrons. The molecular formula is C18H22F2N4O. The highest BCUT2D eigenvalue weighted by Gasteiger charge is 2.23. The summed E-state index contributed by atoms with van der Waals surface area (Å²) >= 11 is 0. The van der Waals surface area contributed by atoms with Gasteiger partial charge in [-0.15, -0.1) is 0 Å². The minimum Gasteiger partial charge on any atom is -0.380 e. The van der Waals surface area contributed by atoms with E-state index in [0.29, 0.717) is 25.2 Å². The fourth-order valence-corrected chi connectivity index (χ4v) is 3.14. The molecule has 1 N–H and O–H groups in total. The second kappa shape index (κ2) is 7.63. The van der Waals surface area contributed by atoms with Crippen molar-refractivity contribution in [2.75, 3.05) is 18.4 Å². The van der Waals surface area contributed by atoms with Gasteiger partial charge in [-0.05, 0) is 38.0 Å². The molecule has 1 unspecified atom stereocenters. The van der Waals surface area contributed by atoms with Crippen LogP contribution in [0.2, 0.25) is 0 Å². The number of nitrogens with zero attached hydrogens (tertiary/aromatic N) is 3. The van der Waals surface area contributed by atoms with Crippen molar-refractivity contribution in [1.82, 2.24) is 14.7 Å². The van der Waals surface area contributed by atoms with Gasteiger partial charge in [-0.2, -0.15) is 5.10 Å². The van der Waals surface area contributed by atoms with Gasteiger partial charge >= 0.3 is 0 Å². The molecule has 7 heteroatoms. The lowest BCUT2D eigenvalue weighted by Crippen LogP contribution is -2.45. The predicted octanol–water partition coefficient (Wildman–Crippen LogP) is 2.96. The number of carbonyl (C=O) groups excluding carboxylic acids is 1. The van der Waals surface area contributed by atoms with Crippen molar-refractivity contribution in [2.24, 2.45) is 0 Å². The molecule has 1 aliphatic rings. The molecule has 5 nitrogen and oxygen atoms in total. The molecule has 1 aliphatic heterocycles. The minimum absolute atomic E-state index is 0.0361.